The second kappa shape index (κ2) is 5.09. The fourth-order valence-corrected chi connectivity index (χ4v) is 2.10. The molecule has 0 aromatic heterocycles. The van der Waals surface area contributed by atoms with Crippen LogP contribution in [0.4, 0.5) is 11.4 Å². The van der Waals surface area contributed by atoms with Crippen LogP contribution in [0.25, 0.3) is 0 Å². The minimum absolute atomic E-state index is 0.135. The second-order valence-electron chi connectivity index (χ2n) is 4.54. The van der Waals surface area contributed by atoms with Gasteiger partial charge in [-0.15, -0.1) is 0 Å². The van der Waals surface area contributed by atoms with Gasteiger partial charge in [0.25, 0.3) is 0 Å². The van der Waals surface area contributed by atoms with Crippen molar-refractivity contribution in [3.63, 3.8) is 0 Å². The van der Waals surface area contributed by atoms with E-state index in [2.05, 4.69) is 5.32 Å². The van der Waals surface area contributed by atoms with E-state index >= 15 is 0 Å². The molecule has 6 nitrogen and oxygen atoms in total. The molecule has 3 amide bonds. The summed E-state index contributed by atoms with van der Waals surface area (Å²) in [5.74, 6) is -1.23. The lowest BCUT2D eigenvalue weighted by Gasteiger charge is -2.17. The van der Waals surface area contributed by atoms with Crippen molar-refractivity contribution >= 4 is 29.1 Å². The highest BCUT2D eigenvalue weighted by Crippen LogP contribution is 2.26. The number of primary amides is 1. The average Bonchev–Trinajstić information content (AvgIpc) is 2.71. The van der Waals surface area contributed by atoms with Crippen molar-refractivity contribution in [2.24, 2.45) is 11.7 Å². The first-order valence-electron chi connectivity index (χ1n) is 5.94. The zero-order valence-corrected chi connectivity index (χ0v) is 10.6. The van der Waals surface area contributed by atoms with Crippen LogP contribution in [0.2, 0.25) is 0 Å². The molecule has 1 unspecified atom stereocenters. The van der Waals surface area contributed by atoms with Crippen LogP contribution in [0.3, 0.4) is 0 Å². The summed E-state index contributed by atoms with van der Waals surface area (Å²) >= 11 is 0. The van der Waals surface area contributed by atoms with Gasteiger partial charge in [0, 0.05) is 31.3 Å². The Morgan fingerprint density at radius 1 is 1.42 bits per heavy atom. The lowest BCUT2D eigenvalue weighted by molar-refractivity contribution is -0.123. The fraction of sp³-hybridized carbons (Fsp3) is 0.308. The summed E-state index contributed by atoms with van der Waals surface area (Å²) in [5, 5.41) is 2.65. The third-order valence-corrected chi connectivity index (χ3v) is 3.01. The molecule has 1 heterocycles. The van der Waals surface area contributed by atoms with Crippen molar-refractivity contribution < 1.29 is 14.4 Å². The van der Waals surface area contributed by atoms with Gasteiger partial charge in [-0.3, -0.25) is 14.4 Å². The Hall–Kier alpha value is -2.37. The van der Waals surface area contributed by atoms with Crippen LogP contribution >= 0.6 is 0 Å². The predicted octanol–water partition coefficient (Wildman–Crippen LogP) is 0.483. The van der Waals surface area contributed by atoms with E-state index in [0.717, 1.165) is 0 Å². The summed E-state index contributed by atoms with van der Waals surface area (Å²) in [6.45, 7) is 1.70. The van der Waals surface area contributed by atoms with Crippen molar-refractivity contribution in [3.05, 3.63) is 24.3 Å². The topological polar surface area (TPSA) is 92.5 Å². The largest absolute Gasteiger partial charge is 0.369 e. The molecule has 1 aliphatic rings. The SMILES string of the molecule is CC(=O)Nc1cccc(N2CC(C(N)=O)CC2=O)c1. The molecule has 3 N–H and O–H groups in total. The van der Waals surface area contributed by atoms with Gasteiger partial charge >= 0.3 is 0 Å². The summed E-state index contributed by atoms with van der Waals surface area (Å²) in [4.78, 5) is 35.5. The molecule has 1 aromatic rings. The second-order valence-corrected chi connectivity index (χ2v) is 4.54. The summed E-state index contributed by atoms with van der Waals surface area (Å²) in [6, 6.07) is 6.93. The number of benzene rings is 1. The highest BCUT2D eigenvalue weighted by molar-refractivity contribution is 6.00. The van der Waals surface area contributed by atoms with Gasteiger partial charge in [0.1, 0.15) is 0 Å². The van der Waals surface area contributed by atoms with Gasteiger partial charge in [-0.05, 0) is 18.2 Å². The number of hydrogen-bond donors (Lipinski definition) is 2. The summed E-state index contributed by atoms with van der Waals surface area (Å²) < 4.78 is 0. The number of rotatable bonds is 3. The first-order valence-corrected chi connectivity index (χ1v) is 5.94. The number of carbonyl (C=O) groups excluding carboxylic acids is 3. The molecule has 6 heteroatoms. The average molecular weight is 261 g/mol. The molecule has 1 atom stereocenters. The fourth-order valence-electron chi connectivity index (χ4n) is 2.10. The highest BCUT2D eigenvalue weighted by Gasteiger charge is 2.33. The van der Waals surface area contributed by atoms with Gasteiger partial charge in [-0.25, -0.2) is 0 Å². The Labute approximate surface area is 110 Å². The molecule has 1 fully saturated rings. The molecule has 19 heavy (non-hydrogen) atoms. The quantitative estimate of drug-likeness (QED) is 0.829. The van der Waals surface area contributed by atoms with Crippen molar-refractivity contribution in [3.8, 4) is 0 Å². The standard InChI is InChI=1S/C13H15N3O3/c1-8(17)15-10-3-2-4-11(6-10)16-7-9(13(14)19)5-12(16)18/h2-4,6,9H,5,7H2,1H3,(H2,14,19)(H,15,17). The van der Waals surface area contributed by atoms with Gasteiger partial charge < -0.3 is 16.0 Å². The van der Waals surface area contributed by atoms with Crippen molar-refractivity contribution in [2.45, 2.75) is 13.3 Å². The molecule has 2 rings (SSSR count). The first kappa shape index (κ1) is 13.1. The van der Waals surface area contributed by atoms with Gasteiger partial charge in [-0.2, -0.15) is 0 Å². The molecule has 0 aliphatic carbocycles. The Morgan fingerprint density at radius 2 is 2.16 bits per heavy atom. The zero-order valence-electron chi connectivity index (χ0n) is 10.6. The summed E-state index contributed by atoms with van der Waals surface area (Å²) in [5.41, 5.74) is 6.49. The van der Waals surface area contributed by atoms with Crippen LogP contribution in [-0.2, 0) is 14.4 Å². The van der Waals surface area contributed by atoms with E-state index in [1.165, 1.54) is 11.8 Å². The van der Waals surface area contributed by atoms with E-state index < -0.39 is 11.8 Å². The monoisotopic (exact) mass is 261 g/mol. The van der Waals surface area contributed by atoms with Gasteiger partial charge in [0.15, 0.2) is 0 Å². The minimum atomic E-state index is -0.464. The van der Waals surface area contributed by atoms with Crippen molar-refractivity contribution in [1.29, 1.82) is 0 Å². The highest BCUT2D eigenvalue weighted by atomic mass is 16.2. The zero-order chi connectivity index (χ0) is 14.0. The molecule has 1 aliphatic heterocycles. The molecule has 0 bridgehead atoms. The lowest BCUT2D eigenvalue weighted by atomic mass is 10.1. The van der Waals surface area contributed by atoms with E-state index in [4.69, 9.17) is 5.73 Å². The van der Waals surface area contributed by atoms with E-state index in [9.17, 15) is 14.4 Å². The molecule has 100 valence electrons. The molecule has 0 saturated carbocycles. The number of nitrogens with one attached hydrogen (secondary N) is 1. The van der Waals surface area contributed by atoms with Crippen LogP contribution in [0.15, 0.2) is 24.3 Å². The van der Waals surface area contributed by atoms with Crippen LogP contribution in [0.1, 0.15) is 13.3 Å². The maximum absolute atomic E-state index is 11.9. The van der Waals surface area contributed by atoms with E-state index in [1.54, 1.807) is 24.3 Å². The molecular formula is C13H15N3O3. The number of nitrogens with zero attached hydrogens (tertiary/aromatic N) is 1. The molecule has 0 radical (unpaired) electrons. The van der Waals surface area contributed by atoms with Crippen LogP contribution in [0.5, 0.6) is 0 Å². The number of hydrogen-bond acceptors (Lipinski definition) is 3. The van der Waals surface area contributed by atoms with E-state index in [0.29, 0.717) is 11.4 Å². The smallest absolute Gasteiger partial charge is 0.227 e. The number of nitrogens with two attached hydrogens (primary N) is 1. The molecular weight excluding hydrogens is 246 g/mol. The number of amides is 3. The van der Waals surface area contributed by atoms with Crippen LogP contribution in [-0.4, -0.2) is 24.3 Å². The maximum Gasteiger partial charge on any atom is 0.227 e. The normalized spacial score (nSPS) is 18.5. The minimum Gasteiger partial charge on any atom is -0.369 e. The lowest BCUT2D eigenvalue weighted by Crippen LogP contribution is -2.28. The third-order valence-electron chi connectivity index (χ3n) is 3.01. The Bertz CT molecular complexity index is 542. The number of carbonyl (C=O) groups is 3. The number of anilines is 2. The Balaban J connectivity index is 2.20. The van der Waals surface area contributed by atoms with Gasteiger partial charge in [-0.1, -0.05) is 6.07 Å². The molecule has 0 spiro atoms. The maximum atomic E-state index is 11.9. The first-order chi connectivity index (χ1) is 8.97. The molecule has 1 saturated heterocycles. The van der Waals surface area contributed by atoms with E-state index in [1.807, 2.05) is 0 Å². The van der Waals surface area contributed by atoms with Crippen molar-refractivity contribution in [2.75, 3.05) is 16.8 Å². The molecule has 1 aromatic carbocycles. The summed E-state index contributed by atoms with van der Waals surface area (Å²) in [6.07, 6.45) is 0.139. The predicted molar refractivity (Wildman–Crippen MR) is 70.4 cm³/mol. The Morgan fingerprint density at radius 3 is 2.74 bits per heavy atom. The van der Waals surface area contributed by atoms with E-state index in [-0.39, 0.29) is 24.8 Å². The van der Waals surface area contributed by atoms with Gasteiger partial charge in [0.05, 0.1) is 5.92 Å². The Kier molecular flexibility index (Phi) is 3.50. The third kappa shape index (κ3) is 2.90. The van der Waals surface area contributed by atoms with Gasteiger partial charge in [0.2, 0.25) is 17.7 Å². The van der Waals surface area contributed by atoms with Crippen molar-refractivity contribution in [1.82, 2.24) is 0 Å². The van der Waals surface area contributed by atoms with Crippen LogP contribution in [0, 0.1) is 5.92 Å². The van der Waals surface area contributed by atoms with Crippen LogP contribution < -0.4 is 16.0 Å². The summed E-state index contributed by atoms with van der Waals surface area (Å²) in [7, 11) is 0.